The zero-order chi connectivity index (χ0) is 12.3. The monoisotopic (exact) mass is 252 g/mol. The molecular weight excluding hydrogens is 243 g/mol. The fourth-order valence-electron chi connectivity index (χ4n) is 1.37. The Kier molecular flexibility index (Phi) is 3.43. The summed E-state index contributed by atoms with van der Waals surface area (Å²) in [6.45, 7) is 0. The maximum atomic E-state index is 13.1. The van der Waals surface area contributed by atoms with Crippen LogP contribution in [0.15, 0.2) is 35.7 Å². The highest BCUT2D eigenvalue weighted by atomic mass is 32.2. The highest BCUT2D eigenvalue weighted by molar-refractivity contribution is 7.98. The van der Waals surface area contributed by atoms with E-state index in [1.165, 1.54) is 23.9 Å². The molecule has 2 N–H and O–H groups in total. The number of hydrogen-bond acceptors (Lipinski definition) is 3. The largest absolute Gasteiger partial charge is 0.478 e. The Morgan fingerprint density at radius 2 is 2.35 bits per heavy atom. The highest BCUT2D eigenvalue weighted by Crippen LogP contribution is 2.22. The second kappa shape index (κ2) is 5.01. The van der Waals surface area contributed by atoms with Gasteiger partial charge in [0.25, 0.3) is 0 Å². The number of rotatable bonds is 4. The summed E-state index contributed by atoms with van der Waals surface area (Å²) in [6.07, 6.45) is 3.28. The molecule has 0 bridgehead atoms. The van der Waals surface area contributed by atoms with Crippen LogP contribution in [-0.4, -0.2) is 21.0 Å². The molecule has 4 nitrogen and oxygen atoms in total. The van der Waals surface area contributed by atoms with Gasteiger partial charge in [-0.3, -0.25) is 0 Å². The van der Waals surface area contributed by atoms with E-state index in [4.69, 9.17) is 5.11 Å². The SMILES string of the molecule is O=C(O)c1ccc(F)cc1CSc1ncc[nH]1. The minimum Gasteiger partial charge on any atom is -0.478 e. The molecule has 2 rings (SSSR count). The lowest BCUT2D eigenvalue weighted by atomic mass is 10.1. The molecule has 17 heavy (non-hydrogen) atoms. The fourth-order valence-corrected chi connectivity index (χ4v) is 2.18. The molecule has 6 heteroatoms. The Morgan fingerprint density at radius 1 is 1.53 bits per heavy atom. The fraction of sp³-hybridized carbons (Fsp3) is 0.0909. The van der Waals surface area contributed by atoms with Crippen LogP contribution >= 0.6 is 11.8 Å². The van der Waals surface area contributed by atoms with Crippen molar-refractivity contribution in [1.82, 2.24) is 9.97 Å². The molecule has 0 spiro atoms. The molecule has 0 unspecified atom stereocenters. The Balaban J connectivity index is 2.19. The first-order chi connectivity index (χ1) is 8.16. The van der Waals surface area contributed by atoms with Gasteiger partial charge in [0.15, 0.2) is 5.16 Å². The average molecular weight is 252 g/mol. The maximum absolute atomic E-state index is 13.1. The number of H-pyrrole nitrogens is 1. The van der Waals surface area contributed by atoms with Crippen molar-refractivity contribution < 1.29 is 14.3 Å². The number of aromatic nitrogens is 2. The molecule has 1 aromatic heterocycles. The van der Waals surface area contributed by atoms with Crippen molar-refractivity contribution in [2.75, 3.05) is 0 Å². The number of nitrogens with one attached hydrogen (secondary N) is 1. The van der Waals surface area contributed by atoms with E-state index in [1.54, 1.807) is 12.4 Å². The van der Waals surface area contributed by atoms with E-state index >= 15 is 0 Å². The Hall–Kier alpha value is -1.82. The van der Waals surface area contributed by atoms with Gasteiger partial charge in [0.2, 0.25) is 0 Å². The Morgan fingerprint density at radius 3 is 3.00 bits per heavy atom. The van der Waals surface area contributed by atoms with Gasteiger partial charge >= 0.3 is 5.97 Å². The predicted molar refractivity (Wildman–Crippen MR) is 61.5 cm³/mol. The summed E-state index contributed by atoms with van der Waals surface area (Å²) in [4.78, 5) is 17.8. The third-order valence-corrected chi connectivity index (χ3v) is 3.09. The molecule has 2 aromatic rings. The third kappa shape index (κ3) is 2.85. The van der Waals surface area contributed by atoms with Crippen molar-refractivity contribution >= 4 is 17.7 Å². The molecule has 0 aliphatic rings. The Bertz CT molecular complexity index is 528. The van der Waals surface area contributed by atoms with Crippen LogP contribution < -0.4 is 0 Å². The quantitative estimate of drug-likeness (QED) is 0.821. The average Bonchev–Trinajstić information content (AvgIpc) is 2.78. The summed E-state index contributed by atoms with van der Waals surface area (Å²) in [5.74, 6) is -1.14. The lowest BCUT2D eigenvalue weighted by molar-refractivity contribution is 0.0696. The van der Waals surface area contributed by atoms with Crippen molar-refractivity contribution in [1.29, 1.82) is 0 Å². The van der Waals surface area contributed by atoms with Crippen LogP contribution in [0.4, 0.5) is 4.39 Å². The number of nitrogens with zero attached hydrogens (tertiary/aromatic N) is 1. The first-order valence-corrected chi connectivity index (χ1v) is 5.79. The molecule has 0 saturated carbocycles. The van der Waals surface area contributed by atoms with Gasteiger partial charge in [-0.15, -0.1) is 0 Å². The van der Waals surface area contributed by atoms with Gasteiger partial charge in [-0.05, 0) is 23.8 Å². The van der Waals surface area contributed by atoms with Crippen molar-refractivity contribution in [2.24, 2.45) is 0 Å². The summed E-state index contributed by atoms with van der Waals surface area (Å²) in [5, 5.41) is 9.63. The van der Waals surface area contributed by atoms with E-state index in [9.17, 15) is 9.18 Å². The molecule has 0 saturated heterocycles. The minimum absolute atomic E-state index is 0.116. The molecule has 1 heterocycles. The molecule has 88 valence electrons. The minimum atomic E-state index is -1.06. The van der Waals surface area contributed by atoms with Crippen LogP contribution in [0, 0.1) is 5.82 Å². The van der Waals surface area contributed by atoms with Gasteiger partial charge in [-0.25, -0.2) is 14.2 Å². The normalized spacial score (nSPS) is 10.4. The summed E-state index contributed by atoms with van der Waals surface area (Å²) >= 11 is 1.32. The molecule has 0 radical (unpaired) electrons. The first-order valence-electron chi connectivity index (χ1n) is 4.80. The maximum Gasteiger partial charge on any atom is 0.335 e. The zero-order valence-corrected chi connectivity index (χ0v) is 9.50. The van der Waals surface area contributed by atoms with Crippen LogP contribution in [0.2, 0.25) is 0 Å². The van der Waals surface area contributed by atoms with E-state index in [0.29, 0.717) is 16.5 Å². The molecule has 1 aromatic carbocycles. The summed E-state index contributed by atoms with van der Waals surface area (Å²) < 4.78 is 13.1. The lowest BCUT2D eigenvalue weighted by Crippen LogP contribution is -2.02. The summed E-state index contributed by atoms with van der Waals surface area (Å²) in [5.41, 5.74) is 0.560. The second-order valence-electron chi connectivity index (χ2n) is 3.29. The van der Waals surface area contributed by atoms with Gasteiger partial charge in [0.05, 0.1) is 5.56 Å². The van der Waals surface area contributed by atoms with Crippen LogP contribution in [0.1, 0.15) is 15.9 Å². The van der Waals surface area contributed by atoms with Crippen molar-refractivity contribution in [2.45, 2.75) is 10.9 Å². The van der Waals surface area contributed by atoms with Gasteiger partial charge in [0.1, 0.15) is 5.82 Å². The molecule has 0 atom stereocenters. The number of aromatic amines is 1. The first kappa shape index (κ1) is 11.7. The van der Waals surface area contributed by atoms with E-state index in [0.717, 1.165) is 6.07 Å². The summed E-state index contributed by atoms with van der Waals surface area (Å²) in [7, 11) is 0. The number of hydrogen-bond donors (Lipinski definition) is 2. The highest BCUT2D eigenvalue weighted by Gasteiger charge is 2.11. The number of carbonyl (C=O) groups is 1. The Labute approximate surface area is 101 Å². The van der Waals surface area contributed by atoms with Crippen LogP contribution in [0.3, 0.4) is 0 Å². The molecular formula is C11H9FN2O2S. The van der Waals surface area contributed by atoms with Gasteiger partial charge in [-0.2, -0.15) is 0 Å². The van der Waals surface area contributed by atoms with Crippen LogP contribution in [0.25, 0.3) is 0 Å². The number of carboxylic acids is 1. The van der Waals surface area contributed by atoms with Gasteiger partial charge < -0.3 is 10.1 Å². The van der Waals surface area contributed by atoms with E-state index in [-0.39, 0.29) is 5.56 Å². The standard InChI is InChI=1S/C11H9FN2O2S/c12-8-1-2-9(10(15)16)7(5-8)6-17-11-13-3-4-14-11/h1-5H,6H2,(H,13,14)(H,15,16). The van der Waals surface area contributed by atoms with E-state index in [1.807, 2.05) is 0 Å². The number of thioether (sulfide) groups is 1. The topological polar surface area (TPSA) is 66.0 Å². The number of halogens is 1. The molecule has 0 fully saturated rings. The van der Waals surface area contributed by atoms with Crippen molar-refractivity contribution in [3.8, 4) is 0 Å². The third-order valence-electron chi connectivity index (χ3n) is 2.14. The predicted octanol–water partition coefficient (Wildman–Crippen LogP) is 2.54. The van der Waals surface area contributed by atoms with E-state index < -0.39 is 11.8 Å². The zero-order valence-electron chi connectivity index (χ0n) is 8.68. The van der Waals surface area contributed by atoms with Crippen molar-refractivity contribution in [3.63, 3.8) is 0 Å². The summed E-state index contributed by atoms with van der Waals surface area (Å²) in [6, 6.07) is 3.65. The number of carboxylic acid groups (broad SMARTS) is 1. The number of aromatic carboxylic acids is 1. The van der Waals surface area contributed by atoms with Gasteiger partial charge in [0, 0.05) is 18.1 Å². The van der Waals surface area contributed by atoms with Crippen molar-refractivity contribution in [3.05, 3.63) is 47.5 Å². The number of benzene rings is 1. The van der Waals surface area contributed by atoms with Crippen LogP contribution in [0.5, 0.6) is 0 Å². The molecule has 0 amide bonds. The number of imidazole rings is 1. The van der Waals surface area contributed by atoms with Gasteiger partial charge in [-0.1, -0.05) is 11.8 Å². The lowest BCUT2D eigenvalue weighted by Gasteiger charge is -2.04. The molecule has 0 aliphatic heterocycles. The second-order valence-corrected chi connectivity index (χ2v) is 4.25. The van der Waals surface area contributed by atoms with E-state index in [2.05, 4.69) is 9.97 Å². The van der Waals surface area contributed by atoms with Crippen LogP contribution in [-0.2, 0) is 5.75 Å². The smallest absolute Gasteiger partial charge is 0.335 e. The molecule has 0 aliphatic carbocycles.